The first-order valence-electron chi connectivity index (χ1n) is 15.3. The average Bonchev–Trinajstić information content (AvgIpc) is 3.08. The molecule has 0 unspecified atom stereocenters. The van der Waals surface area contributed by atoms with Crippen molar-refractivity contribution in [3.8, 4) is 5.75 Å². The van der Waals surface area contributed by atoms with E-state index in [4.69, 9.17) is 4.74 Å². The second-order valence-corrected chi connectivity index (χ2v) is 10.5. The number of nitrogens with zero attached hydrogens (tertiary/aromatic N) is 1. The van der Waals surface area contributed by atoms with E-state index in [1.54, 1.807) is 0 Å². The Balaban J connectivity index is 1.34. The van der Waals surface area contributed by atoms with Gasteiger partial charge in [-0.2, -0.15) is 0 Å². The molecule has 0 bridgehead atoms. The van der Waals surface area contributed by atoms with Gasteiger partial charge in [0, 0.05) is 17.1 Å². The van der Waals surface area contributed by atoms with Gasteiger partial charge in [0.2, 0.25) is 0 Å². The molecule has 5 rings (SSSR count). The molecule has 0 aliphatic rings. The van der Waals surface area contributed by atoms with Crippen molar-refractivity contribution in [2.75, 3.05) is 11.5 Å². The van der Waals surface area contributed by atoms with Crippen LogP contribution in [0.1, 0.15) is 42.0 Å². The Kier molecular flexibility index (Phi) is 11.2. The molecule has 44 heavy (non-hydrogen) atoms. The third-order valence-electron chi connectivity index (χ3n) is 7.14. The van der Waals surface area contributed by atoms with Gasteiger partial charge in [0.1, 0.15) is 5.75 Å². The largest absolute Gasteiger partial charge is 0.494 e. The molecule has 0 atom stereocenters. The van der Waals surface area contributed by atoms with Crippen LogP contribution >= 0.6 is 0 Å². The summed E-state index contributed by atoms with van der Waals surface area (Å²) in [6.45, 7) is 2.92. The molecule has 0 radical (unpaired) electrons. The molecule has 0 aliphatic carbocycles. The fourth-order valence-corrected chi connectivity index (χ4v) is 4.74. The van der Waals surface area contributed by atoms with Crippen LogP contribution in [0.2, 0.25) is 0 Å². The topological polar surface area (TPSA) is 12.5 Å². The highest BCUT2D eigenvalue weighted by Gasteiger charge is 2.12. The van der Waals surface area contributed by atoms with E-state index in [-0.39, 0.29) is 0 Å². The number of ether oxygens (including phenoxy) is 1. The summed E-state index contributed by atoms with van der Waals surface area (Å²) < 4.78 is 5.93. The SMILES string of the molecule is CCCCOc1ccc(N(c2ccc(/C=C/C=C/c3ccccc3)cc2)c2ccc(/C=C/C=C/c3ccccc3)cc2)cc1. The number of allylic oxidation sites excluding steroid dienone is 4. The van der Waals surface area contributed by atoms with Crippen LogP contribution in [0.5, 0.6) is 5.75 Å². The summed E-state index contributed by atoms with van der Waals surface area (Å²) in [5, 5.41) is 0. The predicted octanol–water partition coefficient (Wildman–Crippen LogP) is 11.8. The van der Waals surface area contributed by atoms with Crippen molar-refractivity contribution >= 4 is 41.4 Å². The standard InChI is InChI=1S/C42H39NO/c1-2-3-34-44-42-32-30-41(31-33-42)43(39-26-22-37(23-27-39)20-12-10-18-35-14-6-4-7-15-35)40-28-24-38(25-29-40)21-13-11-19-36-16-8-5-9-17-36/h4-33H,2-3,34H2,1H3/b18-10+,19-11+,20-12+,21-13+. The molecule has 0 saturated carbocycles. The number of unbranched alkanes of at least 4 members (excludes halogenated alkanes) is 1. The van der Waals surface area contributed by atoms with Gasteiger partial charge in [0.05, 0.1) is 6.61 Å². The van der Waals surface area contributed by atoms with Crippen molar-refractivity contribution in [1.82, 2.24) is 0 Å². The van der Waals surface area contributed by atoms with Gasteiger partial charge in [0.15, 0.2) is 0 Å². The normalized spacial score (nSPS) is 11.7. The summed E-state index contributed by atoms with van der Waals surface area (Å²) >= 11 is 0. The summed E-state index contributed by atoms with van der Waals surface area (Å²) in [7, 11) is 0. The maximum atomic E-state index is 5.93. The van der Waals surface area contributed by atoms with E-state index in [1.165, 1.54) is 11.1 Å². The van der Waals surface area contributed by atoms with Gasteiger partial charge in [-0.15, -0.1) is 0 Å². The highest BCUT2D eigenvalue weighted by molar-refractivity contribution is 5.78. The minimum Gasteiger partial charge on any atom is -0.494 e. The van der Waals surface area contributed by atoms with Gasteiger partial charge in [-0.05, 0) is 77.2 Å². The van der Waals surface area contributed by atoms with Crippen LogP contribution in [0.25, 0.3) is 24.3 Å². The predicted molar refractivity (Wildman–Crippen MR) is 191 cm³/mol. The van der Waals surface area contributed by atoms with Gasteiger partial charge in [-0.3, -0.25) is 0 Å². The van der Waals surface area contributed by atoms with Gasteiger partial charge in [-0.25, -0.2) is 0 Å². The third kappa shape index (κ3) is 9.08. The summed E-state index contributed by atoms with van der Waals surface area (Å²) in [4.78, 5) is 2.28. The molecule has 2 nitrogen and oxygen atoms in total. The first kappa shape index (κ1) is 30.1. The average molecular weight is 574 g/mol. The van der Waals surface area contributed by atoms with Crippen LogP contribution in [-0.4, -0.2) is 6.61 Å². The molecule has 5 aromatic carbocycles. The lowest BCUT2D eigenvalue weighted by atomic mass is 10.1. The molecule has 5 aromatic rings. The Morgan fingerprint density at radius 3 is 1.20 bits per heavy atom. The van der Waals surface area contributed by atoms with E-state index >= 15 is 0 Å². The second kappa shape index (κ2) is 16.3. The second-order valence-electron chi connectivity index (χ2n) is 10.5. The Morgan fingerprint density at radius 2 is 0.818 bits per heavy atom. The number of anilines is 3. The van der Waals surface area contributed by atoms with Crippen LogP contribution in [0, 0.1) is 0 Å². The van der Waals surface area contributed by atoms with E-state index < -0.39 is 0 Å². The zero-order valence-electron chi connectivity index (χ0n) is 25.3. The molecular formula is C42H39NO. The lowest BCUT2D eigenvalue weighted by molar-refractivity contribution is 0.309. The summed E-state index contributed by atoms with van der Waals surface area (Å²) in [6, 6.07) is 46.4. The van der Waals surface area contributed by atoms with Crippen molar-refractivity contribution in [2.24, 2.45) is 0 Å². The maximum absolute atomic E-state index is 5.93. The summed E-state index contributed by atoms with van der Waals surface area (Å²) in [5.41, 5.74) is 7.94. The minimum absolute atomic E-state index is 0.741. The first-order chi connectivity index (χ1) is 21.8. The Labute approximate surface area is 262 Å². The highest BCUT2D eigenvalue weighted by atomic mass is 16.5. The van der Waals surface area contributed by atoms with E-state index in [1.807, 2.05) is 12.1 Å². The van der Waals surface area contributed by atoms with Gasteiger partial charge in [0.25, 0.3) is 0 Å². The van der Waals surface area contributed by atoms with Crippen LogP contribution in [0.3, 0.4) is 0 Å². The summed E-state index contributed by atoms with van der Waals surface area (Å²) in [6.07, 6.45) is 19.0. The molecule has 0 aromatic heterocycles. The van der Waals surface area contributed by atoms with Crippen molar-refractivity contribution in [2.45, 2.75) is 19.8 Å². The van der Waals surface area contributed by atoms with Gasteiger partial charge in [-0.1, -0.05) is 147 Å². The molecule has 0 N–H and O–H groups in total. The molecule has 2 heteroatoms. The number of hydrogen-bond donors (Lipinski definition) is 0. The molecule has 0 aliphatic heterocycles. The maximum Gasteiger partial charge on any atom is 0.119 e. The lowest BCUT2D eigenvalue weighted by Gasteiger charge is -2.26. The first-order valence-corrected chi connectivity index (χ1v) is 15.3. The van der Waals surface area contributed by atoms with Crippen molar-refractivity contribution < 1.29 is 4.74 Å². The fourth-order valence-electron chi connectivity index (χ4n) is 4.74. The zero-order chi connectivity index (χ0) is 30.2. The molecule has 0 spiro atoms. The van der Waals surface area contributed by atoms with Gasteiger partial charge >= 0.3 is 0 Å². The van der Waals surface area contributed by atoms with Crippen molar-refractivity contribution in [3.63, 3.8) is 0 Å². The van der Waals surface area contributed by atoms with E-state index in [0.29, 0.717) is 0 Å². The molecule has 0 saturated heterocycles. The van der Waals surface area contributed by atoms with Crippen LogP contribution in [0.15, 0.2) is 158 Å². The molecule has 0 heterocycles. The van der Waals surface area contributed by atoms with Crippen LogP contribution in [-0.2, 0) is 0 Å². The molecule has 0 fully saturated rings. The summed E-state index contributed by atoms with van der Waals surface area (Å²) in [5.74, 6) is 0.898. The highest BCUT2D eigenvalue weighted by Crippen LogP contribution is 2.35. The van der Waals surface area contributed by atoms with E-state index in [0.717, 1.165) is 53.4 Å². The van der Waals surface area contributed by atoms with Crippen LogP contribution < -0.4 is 9.64 Å². The molecule has 218 valence electrons. The zero-order valence-corrected chi connectivity index (χ0v) is 25.3. The Morgan fingerprint density at radius 1 is 0.455 bits per heavy atom. The number of rotatable bonds is 13. The van der Waals surface area contributed by atoms with E-state index in [2.05, 4.69) is 182 Å². The minimum atomic E-state index is 0.741. The fraction of sp³-hybridized carbons (Fsp3) is 0.0952. The van der Waals surface area contributed by atoms with Crippen molar-refractivity contribution in [3.05, 3.63) is 180 Å². The Bertz CT molecular complexity index is 1560. The Hall–Kier alpha value is -5.34. The monoisotopic (exact) mass is 573 g/mol. The van der Waals surface area contributed by atoms with Crippen molar-refractivity contribution in [1.29, 1.82) is 0 Å². The third-order valence-corrected chi connectivity index (χ3v) is 7.14. The number of benzene rings is 5. The quantitative estimate of drug-likeness (QED) is 0.103. The molecule has 0 amide bonds. The van der Waals surface area contributed by atoms with Crippen LogP contribution in [0.4, 0.5) is 17.1 Å². The molecular weight excluding hydrogens is 534 g/mol. The van der Waals surface area contributed by atoms with Gasteiger partial charge < -0.3 is 9.64 Å². The number of hydrogen-bond acceptors (Lipinski definition) is 2. The smallest absolute Gasteiger partial charge is 0.119 e. The van der Waals surface area contributed by atoms with E-state index in [9.17, 15) is 0 Å². The lowest BCUT2D eigenvalue weighted by Crippen LogP contribution is -2.10.